The van der Waals surface area contributed by atoms with Crippen molar-refractivity contribution in [3.63, 3.8) is 0 Å². The number of nitrogens with zero attached hydrogens (tertiary/aromatic N) is 1. The van der Waals surface area contributed by atoms with Gasteiger partial charge in [0.15, 0.2) is 0 Å². The lowest BCUT2D eigenvalue weighted by atomic mass is 9.99. The zero-order valence-electron chi connectivity index (χ0n) is 13.2. The molecule has 1 aromatic carbocycles. The van der Waals surface area contributed by atoms with Crippen LogP contribution in [0.2, 0.25) is 0 Å². The first kappa shape index (κ1) is 17.1. The van der Waals surface area contributed by atoms with Gasteiger partial charge in [-0.25, -0.2) is 4.39 Å². The molecule has 1 unspecified atom stereocenters. The van der Waals surface area contributed by atoms with Gasteiger partial charge in [-0.15, -0.1) is 0 Å². The summed E-state index contributed by atoms with van der Waals surface area (Å²) in [5.41, 5.74) is 8.17. The van der Waals surface area contributed by atoms with Crippen LogP contribution in [-0.4, -0.2) is 24.5 Å². The predicted octanol–water partition coefficient (Wildman–Crippen LogP) is 4.04. The molecule has 0 aliphatic carbocycles. The van der Waals surface area contributed by atoms with Crippen molar-refractivity contribution in [2.45, 2.75) is 52.5 Å². The SMILES string of the molecule is CCCCN(CCCC)C(CN)c1cc(F)ccc1C. The average Bonchev–Trinajstić information content (AvgIpc) is 2.45. The third-order valence-corrected chi connectivity index (χ3v) is 3.86. The number of aryl methyl sites for hydroxylation is 1. The summed E-state index contributed by atoms with van der Waals surface area (Å²) in [5.74, 6) is -0.171. The zero-order valence-corrected chi connectivity index (χ0v) is 13.2. The van der Waals surface area contributed by atoms with E-state index in [9.17, 15) is 4.39 Å². The Balaban J connectivity index is 2.94. The van der Waals surface area contributed by atoms with Gasteiger partial charge in [-0.2, -0.15) is 0 Å². The Kier molecular flexibility index (Phi) is 7.78. The van der Waals surface area contributed by atoms with Gasteiger partial charge >= 0.3 is 0 Å². The minimum Gasteiger partial charge on any atom is -0.329 e. The molecule has 114 valence electrons. The van der Waals surface area contributed by atoms with Gasteiger partial charge < -0.3 is 5.73 Å². The molecule has 0 amide bonds. The Morgan fingerprint density at radius 2 is 1.75 bits per heavy atom. The maximum atomic E-state index is 13.6. The molecule has 0 saturated heterocycles. The molecule has 0 aliphatic rings. The van der Waals surface area contributed by atoms with Crippen LogP contribution in [0.15, 0.2) is 18.2 Å². The van der Waals surface area contributed by atoms with E-state index in [0.717, 1.165) is 37.1 Å². The number of hydrogen-bond acceptors (Lipinski definition) is 2. The number of benzene rings is 1. The highest BCUT2D eigenvalue weighted by atomic mass is 19.1. The van der Waals surface area contributed by atoms with Crippen LogP contribution in [0.4, 0.5) is 4.39 Å². The molecule has 20 heavy (non-hydrogen) atoms. The molecule has 3 heteroatoms. The standard InChI is InChI=1S/C17H29FN2/c1-4-6-10-20(11-7-5-2)17(13-19)16-12-15(18)9-8-14(16)3/h8-9,12,17H,4-7,10-11,13,19H2,1-3H3. The molecule has 0 aliphatic heterocycles. The molecule has 0 bridgehead atoms. The molecule has 0 radical (unpaired) electrons. The fourth-order valence-electron chi connectivity index (χ4n) is 2.59. The molecule has 1 rings (SSSR count). The lowest BCUT2D eigenvalue weighted by Gasteiger charge is -2.32. The Bertz CT molecular complexity index is 385. The summed E-state index contributed by atoms with van der Waals surface area (Å²) in [6.45, 7) is 9.04. The highest BCUT2D eigenvalue weighted by Crippen LogP contribution is 2.25. The Morgan fingerprint density at radius 3 is 2.25 bits per heavy atom. The molecule has 0 spiro atoms. The van der Waals surface area contributed by atoms with Crippen LogP contribution < -0.4 is 5.73 Å². The second-order valence-corrected chi connectivity index (χ2v) is 5.50. The van der Waals surface area contributed by atoms with Crippen molar-refractivity contribution in [3.05, 3.63) is 35.1 Å². The summed E-state index contributed by atoms with van der Waals surface area (Å²) in [6.07, 6.45) is 4.66. The number of nitrogens with two attached hydrogens (primary N) is 1. The van der Waals surface area contributed by atoms with Gasteiger partial charge in [0.1, 0.15) is 5.82 Å². The van der Waals surface area contributed by atoms with Gasteiger partial charge in [-0.05, 0) is 56.1 Å². The maximum Gasteiger partial charge on any atom is 0.123 e. The van der Waals surface area contributed by atoms with Crippen LogP contribution in [0, 0.1) is 12.7 Å². The number of halogens is 1. The molecule has 2 nitrogen and oxygen atoms in total. The highest BCUT2D eigenvalue weighted by molar-refractivity contribution is 5.30. The first-order valence-electron chi connectivity index (χ1n) is 7.84. The number of hydrogen-bond donors (Lipinski definition) is 1. The summed E-state index contributed by atoms with van der Waals surface area (Å²) in [6, 6.07) is 5.15. The van der Waals surface area contributed by atoms with Crippen molar-refractivity contribution in [1.82, 2.24) is 4.90 Å². The minimum absolute atomic E-state index is 0.129. The Morgan fingerprint density at radius 1 is 1.15 bits per heavy atom. The van der Waals surface area contributed by atoms with E-state index in [4.69, 9.17) is 5.73 Å². The fourth-order valence-corrected chi connectivity index (χ4v) is 2.59. The predicted molar refractivity (Wildman–Crippen MR) is 84.3 cm³/mol. The smallest absolute Gasteiger partial charge is 0.123 e. The first-order valence-corrected chi connectivity index (χ1v) is 7.84. The summed E-state index contributed by atoms with van der Waals surface area (Å²) in [4.78, 5) is 2.43. The van der Waals surface area contributed by atoms with Crippen molar-refractivity contribution < 1.29 is 4.39 Å². The lowest BCUT2D eigenvalue weighted by Crippen LogP contribution is -2.35. The Labute approximate surface area is 123 Å². The van der Waals surface area contributed by atoms with E-state index in [1.807, 2.05) is 13.0 Å². The summed E-state index contributed by atoms with van der Waals surface area (Å²) in [7, 11) is 0. The third kappa shape index (κ3) is 4.88. The van der Waals surface area contributed by atoms with Crippen LogP contribution in [0.1, 0.15) is 56.7 Å². The van der Waals surface area contributed by atoms with E-state index in [2.05, 4.69) is 18.7 Å². The van der Waals surface area contributed by atoms with Crippen LogP contribution in [0.3, 0.4) is 0 Å². The van der Waals surface area contributed by atoms with Gasteiger partial charge in [0, 0.05) is 12.6 Å². The topological polar surface area (TPSA) is 29.3 Å². The molecule has 1 atom stereocenters. The minimum atomic E-state index is -0.171. The second-order valence-electron chi connectivity index (χ2n) is 5.50. The van der Waals surface area contributed by atoms with Gasteiger partial charge in [0.25, 0.3) is 0 Å². The van der Waals surface area contributed by atoms with E-state index in [1.54, 1.807) is 6.07 Å². The van der Waals surface area contributed by atoms with Gasteiger partial charge in [-0.3, -0.25) is 4.90 Å². The van der Waals surface area contributed by atoms with E-state index < -0.39 is 0 Å². The van der Waals surface area contributed by atoms with Crippen LogP contribution >= 0.6 is 0 Å². The molecule has 1 aromatic rings. The van der Waals surface area contributed by atoms with Crippen molar-refractivity contribution in [3.8, 4) is 0 Å². The van der Waals surface area contributed by atoms with E-state index in [1.165, 1.54) is 18.9 Å². The van der Waals surface area contributed by atoms with Gasteiger partial charge in [0.2, 0.25) is 0 Å². The molecule has 0 saturated carbocycles. The molecule has 2 N–H and O–H groups in total. The van der Waals surface area contributed by atoms with E-state index >= 15 is 0 Å². The number of rotatable bonds is 9. The maximum absolute atomic E-state index is 13.6. The van der Waals surface area contributed by atoms with Crippen LogP contribution in [0.5, 0.6) is 0 Å². The van der Waals surface area contributed by atoms with Crippen LogP contribution in [-0.2, 0) is 0 Å². The third-order valence-electron chi connectivity index (χ3n) is 3.86. The van der Waals surface area contributed by atoms with Crippen molar-refractivity contribution in [1.29, 1.82) is 0 Å². The summed E-state index contributed by atoms with van der Waals surface area (Å²) < 4.78 is 13.6. The largest absolute Gasteiger partial charge is 0.329 e. The average molecular weight is 280 g/mol. The molecule has 0 aromatic heterocycles. The van der Waals surface area contributed by atoms with Gasteiger partial charge in [0.05, 0.1) is 0 Å². The molecule has 0 fully saturated rings. The van der Waals surface area contributed by atoms with Crippen molar-refractivity contribution in [2.24, 2.45) is 5.73 Å². The van der Waals surface area contributed by atoms with Crippen molar-refractivity contribution >= 4 is 0 Å². The zero-order chi connectivity index (χ0) is 15.0. The first-order chi connectivity index (χ1) is 9.63. The Hall–Kier alpha value is -0.930. The van der Waals surface area contributed by atoms with E-state index in [0.29, 0.717) is 6.54 Å². The highest BCUT2D eigenvalue weighted by Gasteiger charge is 2.20. The quantitative estimate of drug-likeness (QED) is 0.740. The lowest BCUT2D eigenvalue weighted by molar-refractivity contribution is 0.194. The molecular weight excluding hydrogens is 251 g/mol. The van der Waals surface area contributed by atoms with Gasteiger partial charge in [-0.1, -0.05) is 32.8 Å². The fraction of sp³-hybridized carbons (Fsp3) is 0.647. The van der Waals surface area contributed by atoms with E-state index in [-0.39, 0.29) is 11.9 Å². The normalized spacial score (nSPS) is 12.9. The molecular formula is C17H29FN2. The summed E-state index contributed by atoms with van der Waals surface area (Å²) in [5, 5.41) is 0. The van der Waals surface area contributed by atoms with Crippen molar-refractivity contribution in [2.75, 3.05) is 19.6 Å². The number of unbranched alkanes of at least 4 members (excludes halogenated alkanes) is 2. The second kappa shape index (κ2) is 9.09. The molecule has 0 heterocycles. The van der Waals surface area contributed by atoms with Crippen LogP contribution in [0.25, 0.3) is 0 Å². The summed E-state index contributed by atoms with van der Waals surface area (Å²) >= 11 is 0. The monoisotopic (exact) mass is 280 g/mol.